The fraction of sp³-hybridized carbons (Fsp3) is 0.200. The smallest absolute Gasteiger partial charge is 0.434 e. The molecule has 0 radical (unpaired) electrons. The van der Waals surface area contributed by atoms with E-state index in [1.165, 1.54) is 0 Å². The standard InChI is InChI=1S/C15H15N3O4/c19-13-11-12(14(20)22-13)16-15(21)18-9-5-2-1-3-7-17(18)8-4-6-10-18/h1-10,12,14,20H,11H2/p+1. The van der Waals surface area contributed by atoms with Crippen molar-refractivity contribution in [1.82, 2.24) is 10.3 Å². The van der Waals surface area contributed by atoms with Crippen molar-refractivity contribution >= 4 is 12.0 Å². The van der Waals surface area contributed by atoms with Crippen LogP contribution in [-0.2, 0) is 9.53 Å². The van der Waals surface area contributed by atoms with Crippen molar-refractivity contribution in [2.75, 3.05) is 0 Å². The Morgan fingerprint density at radius 2 is 1.82 bits per heavy atom. The lowest BCUT2D eigenvalue weighted by molar-refractivity contribution is -0.857. The summed E-state index contributed by atoms with van der Waals surface area (Å²) < 4.78 is 4.39. The Bertz CT molecular complexity index is 635. The number of cyclic esters (lactones) is 1. The van der Waals surface area contributed by atoms with Crippen molar-refractivity contribution in [1.29, 1.82) is 0 Å². The highest BCUT2D eigenvalue weighted by atomic mass is 16.6. The Labute approximate surface area is 127 Å². The van der Waals surface area contributed by atoms with Crippen molar-refractivity contribution in [3.05, 3.63) is 61.3 Å². The third-order valence-corrected chi connectivity index (χ3v) is 3.55. The largest absolute Gasteiger partial charge is 0.451 e. The summed E-state index contributed by atoms with van der Waals surface area (Å²) in [5.74, 6) is -0.533. The lowest BCUT2D eigenvalue weighted by Gasteiger charge is -2.36. The highest BCUT2D eigenvalue weighted by molar-refractivity contribution is 5.75. The van der Waals surface area contributed by atoms with Crippen molar-refractivity contribution in [2.45, 2.75) is 18.8 Å². The highest BCUT2D eigenvalue weighted by Gasteiger charge is 2.44. The maximum atomic E-state index is 12.8. The molecular formula is C15H16N3O4+. The zero-order chi connectivity index (χ0) is 15.6. The topological polar surface area (TPSA) is 78.9 Å². The Kier molecular flexibility index (Phi) is 3.66. The van der Waals surface area contributed by atoms with E-state index in [0.717, 1.165) is 0 Å². The molecule has 0 bridgehead atoms. The Hall–Kier alpha value is -2.64. The number of carbonyl (C=O) groups is 2. The van der Waals surface area contributed by atoms with Crippen molar-refractivity contribution in [3.8, 4) is 0 Å². The number of hydrogen-bond acceptors (Lipinski definition) is 5. The minimum absolute atomic E-state index is 0.0497. The number of aliphatic hydroxyl groups excluding tert-OH is 1. The van der Waals surface area contributed by atoms with E-state index < -0.39 is 24.3 Å². The minimum Gasteiger partial charge on any atom is -0.434 e. The normalized spacial score (nSPS) is 32.4. The minimum atomic E-state index is -1.32. The number of aliphatic hydroxyl groups is 1. The Morgan fingerprint density at radius 3 is 2.50 bits per heavy atom. The molecule has 114 valence electrons. The molecule has 3 aliphatic rings. The molecule has 22 heavy (non-hydrogen) atoms. The van der Waals surface area contributed by atoms with Crippen molar-refractivity contribution in [3.63, 3.8) is 0 Å². The molecule has 0 aromatic rings. The number of hydrogen-bond donors (Lipinski definition) is 2. The van der Waals surface area contributed by atoms with Crippen molar-refractivity contribution in [2.24, 2.45) is 0 Å². The van der Waals surface area contributed by atoms with Crippen LogP contribution in [0.4, 0.5) is 4.79 Å². The maximum absolute atomic E-state index is 12.8. The van der Waals surface area contributed by atoms with Crippen LogP contribution in [0.2, 0.25) is 0 Å². The molecule has 3 rings (SSSR count). The zero-order valence-electron chi connectivity index (χ0n) is 11.7. The van der Waals surface area contributed by atoms with Gasteiger partial charge in [0, 0.05) is 0 Å². The van der Waals surface area contributed by atoms with Gasteiger partial charge in [-0.1, -0.05) is 16.7 Å². The summed E-state index contributed by atoms with van der Waals surface area (Å²) in [6.07, 6.45) is 16.3. The number of rotatable bonds is 1. The van der Waals surface area contributed by atoms with Gasteiger partial charge in [0.15, 0.2) is 0 Å². The van der Waals surface area contributed by atoms with Crippen LogP contribution in [0.5, 0.6) is 0 Å². The number of nitrogens with one attached hydrogen (secondary N) is 1. The molecule has 7 nitrogen and oxygen atoms in total. The number of fused-ring (bicyclic) bond motifs is 1. The van der Waals surface area contributed by atoms with E-state index in [-0.39, 0.29) is 11.0 Å². The summed E-state index contributed by atoms with van der Waals surface area (Å²) in [5, 5.41) is 14.0. The molecule has 0 saturated carbocycles. The van der Waals surface area contributed by atoms with E-state index >= 15 is 0 Å². The molecule has 2 N–H and O–H groups in total. The van der Waals surface area contributed by atoms with Gasteiger partial charge >= 0.3 is 12.0 Å². The number of ether oxygens (including phenoxy) is 1. The maximum Gasteiger partial charge on any atom is 0.451 e. The summed E-state index contributed by atoms with van der Waals surface area (Å²) in [4.78, 5) is 24.0. The molecule has 0 aliphatic carbocycles. The molecule has 0 spiro atoms. The summed E-state index contributed by atoms with van der Waals surface area (Å²) in [5.41, 5.74) is 0. The van der Waals surface area contributed by atoms with Gasteiger partial charge in [0.05, 0.1) is 18.8 Å². The summed E-state index contributed by atoms with van der Waals surface area (Å²) in [6.45, 7) is 0. The lowest BCUT2D eigenvalue weighted by atomic mass is 10.2. The van der Waals surface area contributed by atoms with Crippen molar-refractivity contribution < 1.29 is 24.0 Å². The molecule has 0 aromatic carbocycles. The molecular weight excluding hydrogens is 286 g/mol. The van der Waals surface area contributed by atoms with Gasteiger partial charge in [0.2, 0.25) is 6.29 Å². The van der Waals surface area contributed by atoms with Crippen LogP contribution in [0.1, 0.15) is 6.42 Å². The van der Waals surface area contributed by atoms with E-state index in [1.54, 1.807) is 42.0 Å². The molecule has 1 fully saturated rings. The first-order chi connectivity index (χ1) is 10.6. The van der Waals surface area contributed by atoms with Crippen LogP contribution in [0.25, 0.3) is 0 Å². The molecule has 2 amide bonds. The first-order valence-electron chi connectivity index (χ1n) is 6.86. The number of urea groups is 1. The van der Waals surface area contributed by atoms with Crippen LogP contribution < -0.4 is 5.32 Å². The summed E-state index contributed by atoms with van der Waals surface area (Å²) in [7, 11) is 0. The quantitative estimate of drug-likeness (QED) is 0.558. The molecule has 3 atom stereocenters. The van der Waals surface area contributed by atoms with Crippen LogP contribution >= 0.6 is 0 Å². The fourth-order valence-corrected chi connectivity index (χ4v) is 2.41. The SMILES string of the molecule is O=C1CC(NC(=O)[N+]23C=CC=CC=CN2C=CC=C3)C(O)O1. The lowest BCUT2D eigenvalue weighted by Crippen LogP contribution is -2.59. The second-order valence-electron chi connectivity index (χ2n) is 5.01. The molecule has 3 aliphatic heterocycles. The fourth-order valence-electron chi connectivity index (χ4n) is 2.41. The monoisotopic (exact) mass is 302 g/mol. The number of quaternary nitrogens is 1. The van der Waals surface area contributed by atoms with Gasteiger partial charge in [-0.25, -0.2) is 4.79 Å². The van der Waals surface area contributed by atoms with E-state index in [4.69, 9.17) is 0 Å². The Morgan fingerprint density at radius 1 is 1.18 bits per heavy atom. The van der Waals surface area contributed by atoms with Gasteiger partial charge in [0.25, 0.3) is 0 Å². The van der Waals surface area contributed by atoms with E-state index in [1.807, 2.05) is 24.3 Å². The average molecular weight is 302 g/mol. The van der Waals surface area contributed by atoms with Crippen LogP contribution in [-0.4, -0.2) is 39.0 Å². The number of allylic oxidation sites excluding steroid dienone is 6. The molecule has 3 unspecified atom stereocenters. The van der Waals surface area contributed by atoms with Crippen LogP contribution in [0, 0.1) is 0 Å². The van der Waals surface area contributed by atoms with E-state index in [2.05, 4.69) is 10.1 Å². The second kappa shape index (κ2) is 5.63. The van der Waals surface area contributed by atoms with Gasteiger partial charge in [-0.3, -0.25) is 10.1 Å². The second-order valence-corrected chi connectivity index (χ2v) is 5.01. The number of esters is 1. The highest BCUT2D eigenvalue weighted by Crippen LogP contribution is 2.24. The third kappa shape index (κ3) is 2.47. The molecule has 3 heterocycles. The van der Waals surface area contributed by atoms with Gasteiger partial charge in [0.1, 0.15) is 18.4 Å². The number of nitrogens with zero attached hydrogens (tertiary/aromatic N) is 2. The first-order valence-corrected chi connectivity index (χ1v) is 6.86. The molecule has 0 aromatic heterocycles. The summed E-state index contributed by atoms with van der Waals surface area (Å²) in [6, 6.07) is -1.16. The number of carbonyl (C=O) groups excluding carboxylic acids is 2. The van der Waals surface area contributed by atoms with E-state index in [9.17, 15) is 14.7 Å². The van der Waals surface area contributed by atoms with Crippen LogP contribution in [0.3, 0.4) is 0 Å². The molecule has 1 saturated heterocycles. The Balaban J connectivity index is 1.87. The van der Waals surface area contributed by atoms with Gasteiger partial charge < -0.3 is 9.84 Å². The first kappa shape index (κ1) is 14.3. The number of amides is 2. The van der Waals surface area contributed by atoms with Gasteiger partial charge in [-0.15, -0.1) is 0 Å². The molecule has 7 heteroatoms. The third-order valence-electron chi connectivity index (χ3n) is 3.55. The summed E-state index contributed by atoms with van der Waals surface area (Å²) >= 11 is 0. The zero-order valence-corrected chi connectivity index (χ0v) is 11.7. The van der Waals surface area contributed by atoms with Crippen LogP contribution in [0.15, 0.2) is 61.3 Å². The predicted molar refractivity (Wildman–Crippen MR) is 76.8 cm³/mol. The predicted octanol–water partition coefficient (Wildman–Crippen LogP) is 1.00. The van der Waals surface area contributed by atoms with Gasteiger partial charge in [-0.05, 0) is 24.3 Å². The average Bonchev–Trinajstić information content (AvgIpc) is 2.78. The van der Waals surface area contributed by atoms with E-state index in [0.29, 0.717) is 0 Å². The van der Waals surface area contributed by atoms with Gasteiger partial charge in [-0.2, -0.15) is 5.01 Å².